The molecule has 1 atom stereocenters. The Morgan fingerprint density at radius 1 is 1.50 bits per heavy atom. The first-order valence-corrected chi connectivity index (χ1v) is 6.90. The van der Waals surface area contributed by atoms with E-state index in [0.717, 1.165) is 23.3 Å². The molecule has 1 heterocycles. The topological polar surface area (TPSA) is 56.8 Å². The molecule has 5 heteroatoms. The Kier molecular flexibility index (Phi) is 5.38. The van der Waals surface area contributed by atoms with E-state index in [-0.39, 0.29) is 5.97 Å². The van der Waals surface area contributed by atoms with Crippen LogP contribution in [0.4, 0.5) is 0 Å². The van der Waals surface area contributed by atoms with Crippen molar-refractivity contribution in [1.29, 1.82) is 0 Å². The summed E-state index contributed by atoms with van der Waals surface area (Å²) in [7, 11) is 1.63. The molecule has 1 aromatic rings. The van der Waals surface area contributed by atoms with Crippen LogP contribution in [-0.2, 0) is 20.7 Å². The number of fused-ring (bicyclic) bond motifs is 1. The Hall–Kier alpha value is -1.59. The molecule has 0 aromatic heterocycles. The molecule has 0 bridgehead atoms. The maximum Gasteiger partial charge on any atom is 0.327 e. The van der Waals surface area contributed by atoms with Crippen molar-refractivity contribution in [3.8, 4) is 5.75 Å². The van der Waals surface area contributed by atoms with E-state index in [1.165, 1.54) is 0 Å². The molecule has 0 radical (unpaired) electrons. The number of esters is 1. The van der Waals surface area contributed by atoms with Crippen molar-refractivity contribution in [1.82, 2.24) is 5.32 Å². The number of methoxy groups -OCH3 is 1. The minimum Gasteiger partial charge on any atom is -0.493 e. The molecule has 1 aliphatic rings. The van der Waals surface area contributed by atoms with Gasteiger partial charge < -0.3 is 14.2 Å². The molecule has 2 rings (SSSR count). The van der Waals surface area contributed by atoms with Crippen LogP contribution in [0.15, 0.2) is 18.2 Å². The quantitative estimate of drug-likeness (QED) is 0.605. The fourth-order valence-electron chi connectivity index (χ4n) is 2.25. The lowest BCUT2D eigenvalue weighted by Crippen LogP contribution is -2.32. The van der Waals surface area contributed by atoms with Crippen molar-refractivity contribution < 1.29 is 19.0 Å². The summed E-state index contributed by atoms with van der Waals surface area (Å²) in [5.41, 5.74) is 2.05. The van der Waals surface area contributed by atoms with Crippen molar-refractivity contribution in [2.45, 2.75) is 19.4 Å². The van der Waals surface area contributed by atoms with Gasteiger partial charge in [0.05, 0.1) is 19.8 Å². The van der Waals surface area contributed by atoms with E-state index in [1.807, 2.05) is 18.2 Å². The van der Waals surface area contributed by atoms with Gasteiger partial charge in [-0.1, -0.05) is 6.07 Å². The molecule has 1 unspecified atom stereocenters. The minimum absolute atomic E-state index is 0.262. The second-order valence-corrected chi connectivity index (χ2v) is 4.60. The summed E-state index contributed by atoms with van der Waals surface area (Å²) in [4.78, 5) is 12.1. The van der Waals surface area contributed by atoms with Crippen molar-refractivity contribution in [3.63, 3.8) is 0 Å². The third-order valence-electron chi connectivity index (χ3n) is 3.22. The van der Waals surface area contributed by atoms with Crippen LogP contribution < -0.4 is 10.1 Å². The molecule has 0 saturated heterocycles. The van der Waals surface area contributed by atoms with Gasteiger partial charge in [0, 0.05) is 20.1 Å². The number of carbonyl (C=O) groups is 1. The maximum atomic E-state index is 12.1. The van der Waals surface area contributed by atoms with Gasteiger partial charge in [-0.05, 0) is 30.2 Å². The van der Waals surface area contributed by atoms with Crippen LogP contribution in [0.25, 0.3) is 0 Å². The number of nitrogens with one attached hydrogen (secondary N) is 1. The van der Waals surface area contributed by atoms with Gasteiger partial charge in [0.1, 0.15) is 11.8 Å². The molecule has 20 heavy (non-hydrogen) atoms. The molecule has 0 amide bonds. The van der Waals surface area contributed by atoms with E-state index < -0.39 is 6.04 Å². The summed E-state index contributed by atoms with van der Waals surface area (Å²) >= 11 is 0. The number of rotatable bonds is 7. The number of ether oxygens (including phenoxy) is 3. The monoisotopic (exact) mass is 279 g/mol. The van der Waals surface area contributed by atoms with Crippen LogP contribution in [0.2, 0.25) is 0 Å². The maximum absolute atomic E-state index is 12.1. The zero-order valence-corrected chi connectivity index (χ0v) is 12.0. The Morgan fingerprint density at radius 3 is 3.10 bits per heavy atom. The van der Waals surface area contributed by atoms with Gasteiger partial charge in [0.2, 0.25) is 0 Å². The highest BCUT2D eigenvalue weighted by Gasteiger charge is 2.23. The summed E-state index contributed by atoms with van der Waals surface area (Å²) < 4.78 is 15.6. The summed E-state index contributed by atoms with van der Waals surface area (Å²) in [6.07, 6.45) is 0.886. The number of hydrogen-bond acceptors (Lipinski definition) is 5. The molecular formula is C15H21NO4. The molecule has 0 saturated carbocycles. The average Bonchev–Trinajstić information content (AvgIpc) is 2.91. The van der Waals surface area contributed by atoms with Crippen LogP contribution >= 0.6 is 0 Å². The van der Waals surface area contributed by atoms with E-state index in [9.17, 15) is 4.79 Å². The van der Waals surface area contributed by atoms with Gasteiger partial charge in [-0.25, -0.2) is 4.79 Å². The molecule has 0 aliphatic carbocycles. The SMILES string of the molecule is CCOC(=O)C(NCCOC)c1ccc2c(c1)CCO2. The van der Waals surface area contributed by atoms with Gasteiger partial charge in [-0.3, -0.25) is 5.32 Å². The van der Waals surface area contributed by atoms with Crippen molar-refractivity contribution in [3.05, 3.63) is 29.3 Å². The van der Waals surface area contributed by atoms with Gasteiger partial charge in [-0.15, -0.1) is 0 Å². The van der Waals surface area contributed by atoms with E-state index in [4.69, 9.17) is 14.2 Å². The molecule has 0 spiro atoms. The van der Waals surface area contributed by atoms with Crippen molar-refractivity contribution in [2.75, 3.05) is 33.5 Å². The highest BCUT2D eigenvalue weighted by atomic mass is 16.5. The molecule has 5 nitrogen and oxygen atoms in total. The van der Waals surface area contributed by atoms with Crippen LogP contribution in [0, 0.1) is 0 Å². The Morgan fingerprint density at radius 2 is 2.35 bits per heavy atom. The second kappa shape index (κ2) is 7.26. The first-order valence-electron chi connectivity index (χ1n) is 6.90. The zero-order chi connectivity index (χ0) is 14.4. The summed E-state index contributed by atoms with van der Waals surface area (Å²) in [6.45, 7) is 4.02. The lowest BCUT2D eigenvalue weighted by Gasteiger charge is -2.18. The van der Waals surface area contributed by atoms with E-state index in [0.29, 0.717) is 26.4 Å². The molecule has 1 N–H and O–H groups in total. The Bertz CT molecular complexity index is 461. The molecule has 0 fully saturated rings. The molecular weight excluding hydrogens is 258 g/mol. The third-order valence-corrected chi connectivity index (χ3v) is 3.22. The lowest BCUT2D eigenvalue weighted by molar-refractivity contribution is -0.145. The smallest absolute Gasteiger partial charge is 0.327 e. The van der Waals surface area contributed by atoms with Gasteiger partial charge in [-0.2, -0.15) is 0 Å². The van der Waals surface area contributed by atoms with E-state index in [2.05, 4.69) is 5.32 Å². The predicted octanol–water partition coefficient (Wildman–Crippen LogP) is 1.46. The van der Waals surface area contributed by atoms with Crippen molar-refractivity contribution in [2.24, 2.45) is 0 Å². The van der Waals surface area contributed by atoms with Crippen molar-refractivity contribution >= 4 is 5.97 Å². The number of carbonyl (C=O) groups excluding carboxylic acids is 1. The average molecular weight is 279 g/mol. The van der Waals surface area contributed by atoms with Gasteiger partial charge in [0.15, 0.2) is 0 Å². The van der Waals surface area contributed by atoms with E-state index in [1.54, 1.807) is 14.0 Å². The van der Waals surface area contributed by atoms with Crippen LogP contribution in [-0.4, -0.2) is 39.4 Å². The summed E-state index contributed by atoms with van der Waals surface area (Å²) in [5.74, 6) is 0.649. The fraction of sp³-hybridized carbons (Fsp3) is 0.533. The highest BCUT2D eigenvalue weighted by molar-refractivity contribution is 5.78. The normalized spacial score (nSPS) is 14.5. The van der Waals surface area contributed by atoms with Gasteiger partial charge in [0.25, 0.3) is 0 Å². The number of benzene rings is 1. The predicted molar refractivity (Wildman–Crippen MR) is 74.9 cm³/mol. The first-order chi connectivity index (χ1) is 9.76. The highest BCUT2D eigenvalue weighted by Crippen LogP contribution is 2.28. The molecule has 1 aromatic carbocycles. The Balaban J connectivity index is 2.14. The fourth-order valence-corrected chi connectivity index (χ4v) is 2.25. The third kappa shape index (κ3) is 3.49. The molecule has 1 aliphatic heterocycles. The lowest BCUT2D eigenvalue weighted by atomic mass is 10.0. The minimum atomic E-state index is -0.462. The van der Waals surface area contributed by atoms with Crippen LogP contribution in [0.3, 0.4) is 0 Å². The molecule has 110 valence electrons. The first kappa shape index (κ1) is 14.8. The largest absolute Gasteiger partial charge is 0.493 e. The summed E-state index contributed by atoms with van der Waals surface area (Å²) in [6, 6.07) is 5.38. The number of hydrogen-bond donors (Lipinski definition) is 1. The zero-order valence-electron chi connectivity index (χ0n) is 12.0. The second-order valence-electron chi connectivity index (χ2n) is 4.60. The van der Waals surface area contributed by atoms with Crippen LogP contribution in [0.5, 0.6) is 5.75 Å². The van der Waals surface area contributed by atoms with E-state index >= 15 is 0 Å². The van der Waals surface area contributed by atoms with Crippen LogP contribution in [0.1, 0.15) is 24.1 Å². The standard InChI is InChI=1S/C15H21NO4/c1-3-19-15(17)14(16-7-9-18-2)12-4-5-13-11(10-12)6-8-20-13/h4-5,10,14,16H,3,6-9H2,1-2H3. The summed E-state index contributed by atoms with van der Waals surface area (Å²) in [5, 5.41) is 3.17. The Labute approximate surface area is 119 Å². The van der Waals surface area contributed by atoms with Gasteiger partial charge >= 0.3 is 5.97 Å².